The average molecular weight is 268 g/mol. The molecule has 0 saturated heterocycles. The highest BCUT2D eigenvalue weighted by molar-refractivity contribution is 7.92. The third-order valence-corrected chi connectivity index (χ3v) is 3.53. The molecule has 18 heavy (non-hydrogen) atoms. The second-order valence-corrected chi connectivity index (χ2v) is 5.46. The van der Waals surface area contributed by atoms with Crippen LogP contribution in [0.5, 0.6) is 5.75 Å². The summed E-state index contributed by atoms with van der Waals surface area (Å²) in [5.41, 5.74) is 0.594. The molecule has 0 unspecified atom stereocenters. The van der Waals surface area contributed by atoms with Gasteiger partial charge in [0.15, 0.2) is 11.6 Å². The molecular weight excluding hydrogens is 256 g/mol. The van der Waals surface area contributed by atoms with Crippen LogP contribution in [0.25, 0.3) is 0 Å². The lowest BCUT2D eigenvalue weighted by molar-refractivity contribution is 0.475. The zero-order chi connectivity index (χ0) is 13.3. The number of sulfonamides is 1. The minimum Gasteiger partial charge on any atom is -0.504 e. The molecule has 0 spiro atoms. The van der Waals surface area contributed by atoms with E-state index in [1.54, 1.807) is 20.0 Å². The maximum atomic E-state index is 12.0. The van der Waals surface area contributed by atoms with Crippen molar-refractivity contribution >= 4 is 15.8 Å². The maximum absolute atomic E-state index is 12.0. The van der Waals surface area contributed by atoms with Crippen LogP contribution in [0, 0.1) is 6.92 Å². The molecule has 2 heterocycles. The molecule has 0 aromatic carbocycles. The van der Waals surface area contributed by atoms with Crippen LogP contribution in [0.4, 0.5) is 5.82 Å². The first-order valence-electron chi connectivity index (χ1n) is 5.06. The Morgan fingerprint density at radius 2 is 2.11 bits per heavy atom. The van der Waals surface area contributed by atoms with Crippen LogP contribution in [0.15, 0.2) is 29.4 Å². The van der Waals surface area contributed by atoms with Crippen molar-refractivity contribution in [1.29, 1.82) is 0 Å². The Hall–Kier alpha value is -2.09. The van der Waals surface area contributed by atoms with Gasteiger partial charge in [-0.15, -0.1) is 0 Å². The number of hydrogen-bond donors (Lipinski definition) is 2. The summed E-state index contributed by atoms with van der Waals surface area (Å²) in [5, 5.41) is 13.3. The van der Waals surface area contributed by atoms with Gasteiger partial charge in [-0.1, -0.05) is 0 Å². The number of pyridine rings is 1. The zero-order valence-electron chi connectivity index (χ0n) is 9.82. The van der Waals surface area contributed by atoms with E-state index in [9.17, 15) is 13.5 Å². The standard InChI is InChI=1S/C10H12N4O3S/c1-7-3-4-9(15)10(12-7)13-18(16,17)8-5-11-14(2)6-8/h3-6,15H,1-2H3,(H,12,13). The molecule has 96 valence electrons. The van der Waals surface area contributed by atoms with Crippen LogP contribution in [0.3, 0.4) is 0 Å². The van der Waals surface area contributed by atoms with E-state index in [0.29, 0.717) is 5.69 Å². The van der Waals surface area contributed by atoms with Crippen LogP contribution in [0.2, 0.25) is 0 Å². The van der Waals surface area contributed by atoms with Crippen molar-refractivity contribution in [2.75, 3.05) is 4.72 Å². The minimum absolute atomic E-state index is 0.00714. The van der Waals surface area contributed by atoms with Gasteiger partial charge >= 0.3 is 0 Å². The average Bonchev–Trinajstić information content (AvgIpc) is 2.71. The van der Waals surface area contributed by atoms with Gasteiger partial charge in [-0.3, -0.25) is 9.40 Å². The molecule has 0 saturated carbocycles. The van der Waals surface area contributed by atoms with Crippen molar-refractivity contribution in [3.05, 3.63) is 30.2 Å². The first-order valence-corrected chi connectivity index (χ1v) is 6.55. The minimum atomic E-state index is -3.79. The number of anilines is 1. The topological polar surface area (TPSA) is 97.1 Å². The van der Waals surface area contributed by atoms with Gasteiger partial charge in [0.1, 0.15) is 4.90 Å². The van der Waals surface area contributed by atoms with Crippen LogP contribution in [-0.2, 0) is 17.1 Å². The number of nitrogens with one attached hydrogen (secondary N) is 1. The summed E-state index contributed by atoms with van der Waals surface area (Å²) < 4.78 is 27.5. The van der Waals surface area contributed by atoms with E-state index in [1.807, 2.05) is 0 Å². The number of rotatable bonds is 3. The van der Waals surface area contributed by atoms with Gasteiger partial charge in [0.05, 0.1) is 6.20 Å². The summed E-state index contributed by atoms with van der Waals surface area (Å²) in [7, 11) is -2.18. The van der Waals surface area contributed by atoms with Crippen LogP contribution in [0.1, 0.15) is 5.69 Å². The second kappa shape index (κ2) is 4.30. The molecule has 8 heteroatoms. The number of aromatic hydroxyl groups is 1. The van der Waals surface area contributed by atoms with Gasteiger partial charge in [0.2, 0.25) is 0 Å². The summed E-state index contributed by atoms with van der Waals surface area (Å²) in [6, 6.07) is 2.96. The van der Waals surface area contributed by atoms with Crippen molar-refractivity contribution in [3.8, 4) is 5.75 Å². The number of aromatic nitrogens is 3. The SMILES string of the molecule is Cc1ccc(O)c(NS(=O)(=O)c2cnn(C)c2)n1. The molecule has 7 nitrogen and oxygen atoms in total. The molecule has 0 radical (unpaired) electrons. The molecule has 0 amide bonds. The van der Waals surface area contributed by atoms with E-state index in [4.69, 9.17) is 0 Å². The first-order chi connectivity index (χ1) is 8.38. The number of hydrogen-bond acceptors (Lipinski definition) is 5. The van der Waals surface area contributed by atoms with Gasteiger partial charge in [0.25, 0.3) is 10.0 Å². The Kier molecular flexibility index (Phi) is 2.95. The highest BCUT2D eigenvalue weighted by Crippen LogP contribution is 2.23. The molecule has 0 aliphatic rings. The van der Waals surface area contributed by atoms with E-state index < -0.39 is 10.0 Å². The Morgan fingerprint density at radius 3 is 2.72 bits per heavy atom. The fourth-order valence-corrected chi connectivity index (χ4v) is 2.35. The summed E-state index contributed by atoms with van der Waals surface area (Å²) in [5.74, 6) is -0.327. The number of aryl methyl sites for hydroxylation is 2. The molecular formula is C10H12N4O3S. The van der Waals surface area contributed by atoms with Crippen molar-refractivity contribution in [2.45, 2.75) is 11.8 Å². The van der Waals surface area contributed by atoms with Crippen molar-refractivity contribution in [1.82, 2.24) is 14.8 Å². The Morgan fingerprint density at radius 1 is 1.39 bits per heavy atom. The molecule has 2 aromatic rings. The molecule has 2 rings (SSSR count). The van der Waals surface area contributed by atoms with Gasteiger partial charge in [0, 0.05) is 18.9 Å². The van der Waals surface area contributed by atoms with E-state index in [-0.39, 0.29) is 16.5 Å². The molecule has 0 aliphatic heterocycles. The normalized spacial score (nSPS) is 11.4. The quantitative estimate of drug-likeness (QED) is 0.851. The van der Waals surface area contributed by atoms with Crippen LogP contribution < -0.4 is 4.72 Å². The van der Waals surface area contributed by atoms with Gasteiger partial charge in [-0.05, 0) is 19.1 Å². The highest BCUT2D eigenvalue weighted by Gasteiger charge is 2.18. The van der Waals surface area contributed by atoms with E-state index >= 15 is 0 Å². The zero-order valence-corrected chi connectivity index (χ0v) is 10.6. The van der Waals surface area contributed by atoms with Crippen LogP contribution in [-0.4, -0.2) is 28.3 Å². The third-order valence-electron chi connectivity index (χ3n) is 2.24. The smallest absolute Gasteiger partial charge is 0.266 e. The van der Waals surface area contributed by atoms with E-state index in [0.717, 1.165) is 0 Å². The van der Waals surface area contributed by atoms with Gasteiger partial charge < -0.3 is 5.11 Å². The fourth-order valence-electron chi connectivity index (χ4n) is 1.35. The van der Waals surface area contributed by atoms with E-state index in [2.05, 4.69) is 14.8 Å². The lowest BCUT2D eigenvalue weighted by Crippen LogP contribution is -2.13. The number of nitrogens with zero attached hydrogens (tertiary/aromatic N) is 3. The first kappa shape index (κ1) is 12.4. The largest absolute Gasteiger partial charge is 0.504 e. The van der Waals surface area contributed by atoms with E-state index in [1.165, 1.54) is 23.1 Å². The summed E-state index contributed by atoms with van der Waals surface area (Å²) in [6.07, 6.45) is 2.57. The molecule has 2 aromatic heterocycles. The lowest BCUT2D eigenvalue weighted by atomic mass is 10.3. The third kappa shape index (κ3) is 2.43. The van der Waals surface area contributed by atoms with Gasteiger partial charge in [-0.25, -0.2) is 13.4 Å². The Labute approximate surface area is 104 Å². The summed E-state index contributed by atoms with van der Waals surface area (Å²) in [6.45, 7) is 1.70. The maximum Gasteiger partial charge on any atom is 0.266 e. The lowest BCUT2D eigenvalue weighted by Gasteiger charge is -2.07. The van der Waals surface area contributed by atoms with Crippen LogP contribution >= 0.6 is 0 Å². The predicted octanol–water partition coefficient (Wildman–Crippen LogP) is 0.630. The summed E-state index contributed by atoms with van der Waals surface area (Å²) >= 11 is 0. The van der Waals surface area contributed by atoms with Crippen molar-refractivity contribution < 1.29 is 13.5 Å². The summed E-state index contributed by atoms with van der Waals surface area (Å²) in [4.78, 5) is 3.93. The molecule has 0 atom stereocenters. The fraction of sp³-hybridized carbons (Fsp3) is 0.200. The molecule has 0 bridgehead atoms. The predicted molar refractivity (Wildman–Crippen MR) is 64.7 cm³/mol. The monoisotopic (exact) mass is 268 g/mol. The Balaban J connectivity index is 2.36. The van der Waals surface area contributed by atoms with Crippen molar-refractivity contribution in [3.63, 3.8) is 0 Å². The molecule has 0 fully saturated rings. The molecule has 0 aliphatic carbocycles. The highest BCUT2D eigenvalue weighted by atomic mass is 32.2. The Bertz CT molecular complexity index is 678. The second-order valence-electron chi connectivity index (χ2n) is 3.78. The molecule has 2 N–H and O–H groups in total. The van der Waals surface area contributed by atoms with Gasteiger partial charge in [-0.2, -0.15) is 5.10 Å². The van der Waals surface area contributed by atoms with Crippen molar-refractivity contribution in [2.24, 2.45) is 7.05 Å².